The number of hydrogen-bond acceptors (Lipinski definition) is 3. The predicted octanol–water partition coefficient (Wildman–Crippen LogP) is 1.80. The van der Waals surface area contributed by atoms with E-state index in [1.807, 2.05) is 13.8 Å². The van der Waals surface area contributed by atoms with Crippen LogP contribution in [0.15, 0.2) is 24.5 Å². The first-order valence-corrected chi connectivity index (χ1v) is 5.95. The van der Waals surface area contributed by atoms with Gasteiger partial charge in [0.05, 0.1) is 0 Å². The highest BCUT2D eigenvalue weighted by atomic mass is 16.4. The number of amides is 1. The van der Waals surface area contributed by atoms with Gasteiger partial charge in [0.2, 0.25) is 0 Å². The zero-order valence-corrected chi connectivity index (χ0v) is 10.7. The lowest BCUT2D eigenvalue weighted by molar-refractivity contribution is -0.137. The van der Waals surface area contributed by atoms with E-state index in [1.54, 1.807) is 29.4 Å². The zero-order chi connectivity index (χ0) is 13.5. The van der Waals surface area contributed by atoms with Crippen molar-refractivity contribution in [2.75, 3.05) is 6.54 Å². The lowest BCUT2D eigenvalue weighted by Crippen LogP contribution is -2.37. The molecule has 0 bridgehead atoms. The van der Waals surface area contributed by atoms with Gasteiger partial charge in [0, 0.05) is 37.0 Å². The molecule has 0 spiro atoms. The van der Waals surface area contributed by atoms with Crippen LogP contribution in [-0.2, 0) is 4.79 Å². The van der Waals surface area contributed by atoms with E-state index in [1.165, 1.54) is 0 Å². The number of rotatable bonds is 6. The number of nitrogens with zero attached hydrogens (tertiary/aromatic N) is 2. The Kier molecular flexibility index (Phi) is 5.30. The van der Waals surface area contributed by atoms with Gasteiger partial charge >= 0.3 is 5.97 Å². The molecule has 18 heavy (non-hydrogen) atoms. The maximum Gasteiger partial charge on any atom is 0.303 e. The summed E-state index contributed by atoms with van der Waals surface area (Å²) in [6.45, 7) is 4.28. The first-order valence-electron chi connectivity index (χ1n) is 5.95. The molecule has 5 nitrogen and oxygen atoms in total. The van der Waals surface area contributed by atoms with Gasteiger partial charge in [-0.2, -0.15) is 0 Å². The van der Waals surface area contributed by atoms with Crippen LogP contribution < -0.4 is 0 Å². The fourth-order valence-electron chi connectivity index (χ4n) is 1.66. The number of carbonyl (C=O) groups is 2. The molecule has 98 valence electrons. The second kappa shape index (κ2) is 6.74. The fraction of sp³-hybridized carbons (Fsp3) is 0.462. The highest BCUT2D eigenvalue weighted by Gasteiger charge is 2.18. The van der Waals surface area contributed by atoms with Gasteiger partial charge in [-0.3, -0.25) is 14.6 Å². The largest absolute Gasteiger partial charge is 0.481 e. The van der Waals surface area contributed by atoms with Crippen molar-refractivity contribution in [2.24, 2.45) is 0 Å². The average Bonchev–Trinajstić information content (AvgIpc) is 2.34. The zero-order valence-electron chi connectivity index (χ0n) is 10.7. The number of aromatic nitrogens is 1. The normalized spacial score (nSPS) is 10.4. The van der Waals surface area contributed by atoms with Crippen LogP contribution in [0.25, 0.3) is 0 Å². The monoisotopic (exact) mass is 250 g/mol. The SMILES string of the molecule is CC(C)N(CCCC(=O)O)C(=O)c1ccncc1. The van der Waals surface area contributed by atoms with E-state index in [4.69, 9.17) is 5.11 Å². The van der Waals surface area contributed by atoms with E-state index in [0.29, 0.717) is 18.5 Å². The van der Waals surface area contributed by atoms with Crippen molar-refractivity contribution in [2.45, 2.75) is 32.7 Å². The second-order valence-corrected chi connectivity index (χ2v) is 4.33. The van der Waals surface area contributed by atoms with Crippen molar-refractivity contribution in [3.05, 3.63) is 30.1 Å². The van der Waals surface area contributed by atoms with Gasteiger partial charge in [-0.05, 0) is 32.4 Å². The summed E-state index contributed by atoms with van der Waals surface area (Å²) in [7, 11) is 0. The molecule has 1 aromatic heterocycles. The molecule has 0 aromatic carbocycles. The molecule has 1 amide bonds. The van der Waals surface area contributed by atoms with Gasteiger partial charge in [-0.1, -0.05) is 0 Å². The predicted molar refractivity (Wildman–Crippen MR) is 67.3 cm³/mol. The van der Waals surface area contributed by atoms with Crippen molar-refractivity contribution in [1.29, 1.82) is 0 Å². The molecule has 0 radical (unpaired) electrons. The van der Waals surface area contributed by atoms with Gasteiger partial charge in [-0.15, -0.1) is 0 Å². The van der Waals surface area contributed by atoms with Gasteiger partial charge in [0.25, 0.3) is 5.91 Å². The Hall–Kier alpha value is -1.91. The molecule has 0 saturated heterocycles. The number of carbonyl (C=O) groups excluding carboxylic acids is 1. The van der Waals surface area contributed by atoms with E-state index in [9.17, 15) is 9.59 Å². The fourth-order valence-corrected chi connectivity index (χ4v) is 1.66. The lowest BCUT2D eigenvalue weighted by atomic mass is 10.2. The first kappa shape index (κ1) is 14.2. The molecule has 0 aliphatic carbocycles. The molecule has 1 heterocycles. The molecule has 1 rings (SSSR count). The Morgan fingerprint density at radius 2 is 1.94 bits per heavy atom. The van der Waals surface area contributed by atoms with Crippen molar-refractivity contribution < 1.29 is 14.7 Å². The van der Waals surface area contributed by atoms with E-state index in [-0.39, 0.29) is 18.4 Å². The third-order valence-electron chi connectivity index (χ3n) is 2.60. The molecule has 5 heteroatoms. The van der Waals surface area contributed by atoms with Crippen molar-refractivity contribution in [3.8, 4) is 0 Å². The van der Waals surface area contributed by atoms with Crippen LogP contribution in [-0.4, -0.2) is 39.5 Å². The van der Waals surface area contributed by atoms with Gasteiger partial charge in [0.1, 0.15) is 0 Å². The second-order valence-electron chi connectivity index (χ2n) is 4.33. The summed E-state index contributed by atoms with van der Waals surface area (Å²) in [6, 6.07) is 3.36. The van der Waals surface area contributed by atoms with Gasteiger partial charge in [0.15, 0.2) is 0 Å². The smallest absolute Gasteiger partial charge is 0.303 e. The first-order chi connectivity index (χ1) is 8.52. The summed E-state index contributed by atoms with van der Waals surface area (Å²) in [5.74, 6) is -0.923. The van der Waals surface area contributed by atoms with Crippen LogP contribution in [0.4, 0.5) is 0 Å². The highest BCUT2D eigenvalue weighted by Crippen LogP contribution is 2.09. The van der Waals surface area contributed by atoms with Gasteiger partial charge in [-0.25, -0.2) is 0 Å². The maximum absolute atomic E-state index is 12.2. The summed E-state index contributed by atoms with van der Waals surface area (Å²) in [4.78, 5) is 28.2. The van der Waals surface area contributed by atoms with Crippen molar-refractivity contribution >= 4 is 11.9 Å². The van der Waals surface area contributed by atoms with E-state index in [2.05, 4.69) is 4.98 Å². The Balaban J connectivity index is 2.67. The van der Waals surface area contributed by atoms with Crippen LogP contribution in [0.5, 0.6) is 0 Å². The minimum absolute atomic E-state index is 0.0412. The molecule has 0 atom stereocenters. The summed E-state index contributed by atoms with van der Waals surface area (Å²) < 4.78 is 0. The van der Waals surface area contributed by atoms with Crippen LogP contribution in [0.1, 0.15) is 37.0 Å². The molecule has 0 unspecified atom stereocenters. The Morgan fingerprint density at radius 3 is 2.44 bits per heavy atom. The quantitative estimate of drug-likeness (QED) is 0.835. The highest BCUT2D eigenvalue weighted by molar-refractivity contribution is 5.94. The number of aliphatic carboxylic acids is 1. The third kappa shape index (κ3) is 4.16. The Bertz CT molecular complexity index is 404. The van der Waals surface area contributed by atoms with Crippen LogP contribution in [0.3, 0.4) is 0 Å². The van der Waals surface area contributed by atoms with Crippen LogP contribution in [0.2, 0.25) is 0 Å². The molecule has 0 saturated carbocycles. The summed E-state index contributed by atoms with van der Waals surface area (Å²) >= 11 is 0. The van der Waals surface area contributed by atoms with E-state index >= 15 is 0 Å². The number of carboxylic acids is 1. The molecular formula is C13H18N2O3. The van der Waals surface area contributed by atoms with Crippen LogP contribution in [0, 0.1) is 0 Å². The molecule has 1 aromatic rings. The number of hydrogen-bond donors (Lipinski definition) is 1. The Labute approximate surface area is 106 Å². The summed E-state index contributed by atoms with van der Waals surface area (Å²) in [5, 5.41) is 8.61. The maximum atomic E-state index is 12.2. The van der Waals surface area contributed by atoms with E-state index in [0.717, 1.165) is 0 Å². The number of pyridine rings is 1. The minimum atomic E-state index is -0.838. The van der Waals surface area contributed by atoms with Crippen LogP contribution >= 0.6 is 0 Å². The standard InChI is InChI=1S/C13H18N2O3/c1-10(2)15(9-3-4-12(16)17)13(18)11-5-7-14-8-6-11/h5-8,10H,3-4,9H2,1-2H3,(H,16,17). The average molecular weight is 250 g/mol. The topological polar surface area (TPSA) is 70.5 Å². The molecular weight excluding hydrogens is 232 g/mol. The number of carboxylic acid groups (broad SMARTS) is 1. The minimum Gasteiger partial charge on any atom is -0.481 e. The lowest BCUT2D eigenvalue weighted by Gasteiger charge is -2.26. The molecule has 1 N–H and O–H groups in total. The van der Waals surface area contributed by atoms with Gasteiger partial charge < -0.3 is 10.0 Å². The molecule has 0 aliphatic heterocycles. The summed E-state index contributed by atoms with van der Waals surface area (Å²) in [5.41, 5.74) is 0.578. The van der Waals surface area contributed by atoms with Crippen molar-refractivity contribution in [3.63, 3.8) is 0 Å². The molecule has 0 aliphatic rings. The van der Waals surface area contributed by atoms with Crippen molar-refractivity contribution in [1.82, 2.24) is 9.88 Å². The van der Waals surface area contributed by atoms with E-state index < -0.39 is 5.97 Å². The Morgan fingerprint density at radius 1 is 1.33 bits per heavy atom. The summed E-state index contributed by atoms with van der Waals surface area (Å²) in [6.07, 6.45) is 3.68. The third-order valence-corrected chi connectivity index (χ3v) is 2.60. The molecule has 0 fully saturated rings.